The Hall–Kier alpha value is -2.08. The zero-order chi connectivity index (χ0) is 11.3. The van der Waals surface area contributed by atoms with Crippen LogP contribution in [0.3, 0.4) is 0 Å². The molecule has 0 aliphatic rings. The Bertz CT molecular complexity index is 441. The number of methoxy groups -OCH3 is 1. The second-order valence-electron chi connectivity index (χ2n) is 3.06. The molecule has 0 amide bonds. The highest BCUT2D eigenvalue weighted by Gasteiger charge is 2.02. The second kappa shape index (κ2) is 4.97. The molecule has 0 saturated carbocycles. The number of carbonyl (C=O) groups is 1. The second-order valence-corrected chi connectivity index (χ2v) is 3.06. The number of hydrogen-bond donors (Lipinski definition) is 0. The van der Waals surface area contributed by atoms with Crippen molar-refractivity contribution in [2.45, 2.75) is 6.92 Å². The van der Waals surface area contributed by atoms with E-state index in [0.717, 1.165) is 5.56 Å². The Kier molecular flexibility index (Phi) is 3.64. The SMILES string of the molecule is COC(=O)/C(C)=C/c1cccc(C#N)c1. The van der Waals surface area contributed by atoms with E-state index in [1.54, 1.807) is 31.2 Å². The predicted molar refractivity (Wildman–Crippen MR) is 56.8 cm³/mol. The summed E-state index contributed by atoms with van der Waals surface area (Å²) in [7, 11) is 1.34. The van der Waals surface area contributed by atoms with Crippen LogP contribution >= 0.6 is 0 Å². The molecular weight excluding hydrogens is 190 g/mol. The fourth-order valence-electron chi connectivity index (χ4n) is 1.17. The van der Waals surface area contributed by atoms with E-state index in [1.165, 1.54) is 7.11 Å². The van der Waals surface area contributed by atoms with E-state index in [0.29, 0.717) is 11.1 Å². The quantitative estimate of drug-likeness (QED) is 0.544. The fourth-order valence-corrected chi connectivity index (χ4v) is 1.17. The molecule has 1 aromatic carbocycles. The zero-order valence-electron chi connectivity index (χ0n) is 8.65. The molecule has 1 rings (SSSR count). The van der Waals surface area contributed by atoms with Crippen molar-refractivity contribution in [1.82, 2.24) is 0 Å². The van der Waals surface area contributed by atoms with Crippen LogP contribution in [0.2, 0.25) is 0 Å². The molecule has 3 nitrogen and oxygen atoms in total. The summed E-state index contributed by atoms with van der Waals surface area (Å²) < 4.78 is 4.57. The maximum absolute atomic E-state index is 11.1. The monoisotopic (exact) mass is 201 g/mol. The lowest BCUT2D eigenvalue weighted by Crippen LogP contribution is -2.00. The minimum absolute atomic E-state index is 0.364. The standard InChI is InChI=1S/C12H11NO2/c1-9(12(14)15-2)6-10-4-3-5-11(7-10)8-13/h3-7H,1-2H3/b9-6+. The number of esters is 1. The molecule has 0 N–H and O–H groups in total. The topological polar surface area (TPSA) is 50.1 Å². The molecule has 0 unspecified atom stereocenters. The zero-order valence-corrected chi connectivity index (χ0v) is 8.65. The van der Waals surface area contributed by atoms with E-state index in [9.17, 15) is 4.79 Å². The average molecular weight is 201 g/mol. The first-order chi connectivity index (χ1) is 7.17. The molecule has 0 aliphatic carbocycles. The van der Waals surface area contributed by atoms with Gasteiger partial charge in [-0.15, -0.1) is 0 Å². The van der Waals surface area contributed by atoms with Crippen LogP contribution in [0.25, 0.3) is 6.08 Å². The van der Waals surface area contributed by atoms with Crippen LogP contribution in [0, 0.1) is 11.3 Å². The lowest BCUT2D eigenvalue weighted by Gasteiger charge is -1.99. The van der Waals surface area contributed by atoms with Crippen LogP contribution in [-0.2, 0) is 9.53 Å². The molecule has 0 heterocycles. The maximum atomic E-state index is 11.1. The number of nitriles is 1. The number of benzene rings is 1. The van der Waals surface area contributed by atoms with Gasteiger partial charge in [-0.2, -0.15) is 5.26 Å². The van der Waals surface area contributed by atoms with Crippen LogP contribution in [0.4, 0.5) is 0 Å². The van der Waals surface area contributed by atoms with Crippen LogP contribution < -0.4 is 0 Å². The molecule has 0 aliphatic heterocycles. The molecule has 0 fully saturated rings. The van der Waals surface area contributed by atoms with Crippen molar-refractivity contribution in [3.8, 4) is 6.07 Å². The van der Waals surface area contributed by atoms with E-state index in [1.807, 2.05) is 12.1 Å². The van der Waals surface area contributed by atoms with Gasteiger partial charge in [0.05, 0.1) is 18.7 Å². The first kappa shape index (κ1) is 11.0. The summed E-state index contributed by atoms with van der Waals surface area (Å²) in [6, 6.07) is 9.07. The smallest absolute Gasteiger partial charge is 0.333 e. The van der Waals surface area contributed by atoms with Gasteiger partial charge in [0.15, 0.2) is 0 Å². The highest BCUT2D eigenvalue weighted by atomic mass is 16.5. The van der Waals surface area contributed by atoms with Gasteiger partial charge in [-0.1, -0.05) is 12.1 Å². The van der Waals surface area contributed by atoms with Crippen molar-refractivity contribution >= 4 is 12.0 Å². The molecular formula is C12H11NO2. The fraction of sp³-hybridized carbons (Fsp3) is 0.167. The lowest BCUT2D eigenvalue weighted by molar-refractivity contribution is -0.135. The minimum atomic E-state index is -0.364. The van der Waals surface area contributed by atoms with Gasteiger partial charge >= 0.3 is 5.97 Å². The van der Waals surface area contributed by atoms with Crippen molar-refractivity contribution < 1.29 is 9.53 Å². The Balaban J connectivity index is 2.99. The van der Waals surface area contributed by atoms with E-state index in [2.05, 4.69) is 4.74 Å². The summed E-state index contributed by atoms with van der Waals surface area (Å²) >= 11 is 0. The van der Waals surface area contributed by atoms with E-state index >= 15 is 0 Å². The molecule has 0 aromatic heterocycles. The van der Waals surface area contributed by atoms with E-state index in [4.69, 9.17) is 5.26 Å². The Morgan fingerprint density at radius 3 is 2.87 bits per heavy atom. The summed E-state index contributed by atoms with van der Waals surface area (Å²) in [4.78, 5) is 11.1. The summed E-state index contributed by atoms with van der Waals surface area (Å²) in [6.07, 6.45) is 1.69. The summed E-state index contributed by atoms with van der Waals surface area (Å²) in [5, 5.41) is 8.69. The summed E-state index contributed by atoms with van der Waals surface area (Å²) in [6.45, 7) is 1.67. The molecule has 1 aromatic rings. The number of rotatable bonds is 2. The molecule has 0 spiro atoms. The Labute approximate surface area is 88.6 Å². The number of ether oxygens (including phenoxy) is 1. The third kappa shape index (κ3) is 2.96. The average Bonchev–Trinajstić information content (AvgIpc) is 2.28. The third-order valence-corrected chi connectivity index (χ3v) is 1.91. The molecule has 0 radical (unpaired) electrons. The largest absolute Gasteiger partial charge is 0.466 e. The van der Waals surface area contributed by atoms with Crippen LogP contribution in [-0.4, -0.2) is 13.1 Å². The van der Waals surface area contributed by atoms with Crippen LogP contribution in [0.1, 0.15) is 18.1 Å². The number of carbonyl (C=O) groups excluding carboxylic acids is 1. The van der Waals surface area contributed by atoms with Gasteiger partial charge in [0.1, 0.15) is 0 Å². The predicted octanol–water partition coefficient (Wildman–Crippen LogP) is 2.13. The van der Waals surface area contributed by atoms with Gasteiger partial charge in [-0.05, 0) is 30.7 Å². The van der Waals surface area contributed by atoms with Gasteiger partial charge in [-0.3, -0.25) is 0 Å². The van der Waals surface area contributed by atoms with Crippen LogP contribution in [0.5, 0.6) is 0 Å². The Morgan fingerprint density at radius 1 is 1.53 bits per heavy atom. The van der Waals surface area contributed by atoms with Crippen LogP contribution in [0.15, 0.2) is 29.8 Å². The normalized spacial score (nSPS) is 10.6. The molecule has 76 valence electrons. The highest BCUT2D eigenvalue weighted by Crippen LogP contribution is 2.09. The number of hydrogen-bond acceptors (Lipinski definition) is 3. The van der Waals surface area contributed by atoms with Gasteiger partial charge in [0.2, 0.25) is 0 Å². The van der Waals surface area contributed by atoms with Gasteiger partial charge in [-0.25, -0.2) is 4.79 Å². The number of nitrogens with zero attached hydrogens (tertiary/aromatic N) is 1. The van der Waals surface area contributed by atoms with E-state index in [-0.39, 0.29) is 5.97 Å². The third-order valence-electron chi connectivity index (χ3n) is 1.91. The van der Waals surface area contributed by atoms with Gasteiger partial charge < -0.3 is 4.74 Å². The van der Waals surface area contributed by atoms with Crippen molar-refractivity contribution in [2.75, 3.05) is 7.11 Å². The van der Waals surface area contributed by atoms with E-state index < -0.39 is 0 Å². The molecule has 15 heavy (non-hydrogen) atoms. The van der Waals surface area contributed by atoms with Gasteiger partial charge in [0.25, 0.3) is 0 Å². The van der Waals surface area contributed by atoms with Crippen molar-refractivity contribution in [3.05, 3.63) is 41.0 Å². The van der Waals surface area contributed by atoms with Crippen molar-refractivity contribution in [3.63, 3.8) is 0 Å². The van der Waals surface area contributed by atoms with Crippen molar-refractivity contribution in [2.24, 2.45) is 0 Å². The minimum Gasteiger partial charge on any atom is -0.466 e. The molecule has 0 atom stereocenters. The lowest BCUT2D eigenvalue weighted by atomic mass is 10.1. The first-order valence-electron chi connectivity index (χ1n) is 4.44. The Morgan fingerprint density at radius 2 is 2.27 bits per heavy atom. The first-order valence-corrected chi connectivity index (χ1v) is 4.44. The highest BCUT2D eigenvalue weighted by molar-refractivity contribution is 5.92. The maximum Gasteiger partial charge on any atom is 0.333 e. The van der Waals surface area contributed by atoms with Crippen molar-refractivity contribution in [1.29, 1.82) is 5.26 Å². The van der Waals surface area contributed by atoms with Gasteiger partial charge in [0, 0.05) is 5.57 Å². The summed E-state index contributed by atoms with van der Waals surface area (Å²) in [5.41, 5.74) is 1.89. The molecule has 0 saturated heterocycles. The molecule has 0 bridgehead atoms. The molecule has 3 heteroatoms. The summed E-state index contributed by atoms with van der Waals surface area (Å²) in [5.74, 6) is -0.364.